The van der Waals surface area contributed by atoms with Crippen molar-refractivity contribution < 1.29 is 5.11 Å². The highest BCUT2D eigenvalue weighted by Gasteiger charge is 2.33. The Morgan fingerprint density at radius 3 is 1.67 bits per heavy atom. The molecule has 0 aliphatic rings. The first-order valence-corrected chi connectivity index (χ1v) is 9.40. The summed E-state index contributed by atoms with van der Waals surface area (Å²) < 4.78 is 0. The van der Waals surface area contributed by atoms with Crippen LogP contribution in [0.1, 0.15) is 55.5 Å². The van der Waals surface area contributed by atoms with E-state index in [1.165, 1.54) is 5.56 Å². The van der Waals surface area contributed by atoms with Gasteiger partial charge in [-0.1, -0.05) is 113 Å². The Bertz CT molecular complexity index is 935. The summed E-state index contributed by atoms with van der Waals surface area (Å²) >= 11 is 0. The topological polar surface area (TPSA) is 20.2 Å². The lowest BCUT2D eigenvalue weighted by molar-refractivity contribution is 0.433. The molecule has 0 bridgehead atoms. The molecule has 0 aliphatic carbocycles. The van der Waals surface area contributed by atoms with E-state index in [9.17, 15) is 5.11 Å². The highest BCUT2D eigenvalue weighted by atomic mass is 16.3. The Labute approximate surface area is 163 Å². The van der Waals surface area contributed by atoms with Crippen LogP contribution in [0.25, 0.3) is 6.08 Å². The number of aromatic hydroxyl groups is 1. The summed E-state index contributed by atoms with van der Waals surface area (Å²) in [4.78, 5) is 0. The first kappa shape index (κ1) is 19.0. The highest BCUT2D eigenvalue weighted by Crippen LogP contribution is 2.45. The molecule has 1 N–H and O–H groups in total. The molecule has 0 fully saturated rings. The van der Waals surface area contributed by atoms with Crippen molar-refractivity contribution in [2.24, 2.45) is 0 Å². The van der Waals surface area contributed by atoms with Gasteiger partial charge in [0.1, 0.15) is 5.75 Å². The number of phenols is 1. The van der Waals surface area contributed by atoms with E-state index in [0.717, 1.165) is 22.3 Å². The fourth-order valence-electron chi connectivity index (χ4n) is 3.95. The Kier molecular flexibility index (Phi) is 4.97. The van der Waals surface area contributed by atoms with Gasteiger partial charge in [-0.25, -0.2) is 0 Å². The number of benzene rings is 3. The molecule has 27 heavy (non-hydrogen) atoms. The average molecular weight is 357 g/mol. The third-order valence-corrected chi connectivity index (χ3v) is 5.72. The van der Waals surface area contributed by atoms with Gasteiger partial charge in [0.15, 0.2) is 0 Å². The predicted molar refractivity (Wildman–Crippen MR) is 115 cm³/mol. The van der Waals surface area contributed by atoms with E-state index in [1.807, 2.05) is 48.5 Å². The van der Waals surface area contributed by atoms with Crippen LogP contribution >= 0.6 is 0 Å². The summed E-state index contributed by atoms with van der Waals surface area (Å²) in [6.45, 7) is 12.6. The fourth-order valence-corrected chi connectivity index (χ4v) is 3.95. The standard InChI is InChI=1S/C26H28O/c1-6-19-17-18-22(25(2,3)20-13-9-7-10-14-20)24(27)23(19)26(4,5)21-15-11-8-12-16-21/h6-18,27H,1H2,2-5H3. The van der Waals surface area contributed by atoms with Crippen LogP contribution in [0.2, 0.25) is 0 Å². The van der Waals surface area contributed by atoms with Gasteiger partial charge in [0, 0.05) is 22.0 Å². The Balaban J connectivity index is 2.24. The van der Waals surface area contributed by atoms with Crippen LogP contribution in [-0.4, -0.2) is 5.11 Å². The van der Waals surface area contributed by atoms with E-state index in [2.05, 4.69) is 64.6 Å². The molecule has 0 atom stereocenters. The van der Waals surface area contributed by atoms with E-state index < -0.39 is 0 Å². The quantitative estimate of drug-likeness (QED) is 0.540. The zero-order valence-corrected chi connectivity index (χ0v) is 16.7. The second-order valence-electron chi connectivity index (χ2n) is 8.11. The Morgan fingerprint density at radius 1 is 0.704 bits per heavy atom. The first-order valence-electron chi connectivity index (χ1n) is 9.40. The molecule has 1 heteroatoms. The number of rotatable bonds is 5. The lowest BCUT2D eigenvalue weighted by atomic mass is 9.71. The summed E-state index contributed by atoms with van der Waals surface area (Å²) in [6.07, 6.45) is 1.83. The van der Waals surface area contributed by atoms with Gasteiger partial charge in [-0.15, -0.1) is 0 Å². The molecule has 0 spiro atoms. The molecule has 0 heterocycles. The molecule has 0 amide bonds. The zero-order chi connectivity index (χ0) is 19.7. The van der Waals surface area contributed by atoms with E-state index in [4.69, 9.17) is 0 Å². The van der Waals surface area contributed by atoms with Gasteiger partial charge in [-0.2, -0.15) is 0 Å². The van der Waals surface area contributed by atoms with Gasteiger partial charge in [-0.05, 0) is 16.7 Å². The van der Waals surface area contributed by atoms with Crippen molar-refractivity contribution in [2.75, 3.05) is 0 Å². The molecule has 0 radical (unpaired) electrons. The minimum Gasteiger partial charge on any atom is -0.507 e. The van der Waals surface area contributed by atoms with Crippen molar-refractivity contribution in [3.63, 3.8) is 0 Å². The average Bonchev–Trinajstić information content (AvgIpc) is 2.68. The monoisotopic (exact) mass is 356 g/mol. The molecule has 3 aromatic carbocycles. The molecule has 3 rings (SSSR count). The Hall–Kier alpha value is -2.80. The summed E-state index contributed by atoms with van der Waals surface area (Å²) in [5.74, 6) is 0.357. The van der Waals surface area contributed by atoms with Crippen LogP contribution in [0.3, 0.4) is 0 Å². The van der Waals surface area contributed by atoms with Crippen LogP contribution < -0.4 is 0 Å². The second kappa shape index (κ2) is 7.08. The smallest absolute Gasteiger partial charge is 0.124 e. The molecule has 0 aromatic heterocycles. The van der Waals surface area contributed by atoms with Crippen molar-refractivity contribution in [3.8, 4) is 5.75 Å². The van der Waals surface area contributed by atoms with E-state index >= 15 is 0 Å². The third kappa shape index (κ3) is 3.30. The van der Waals surface area contributed by atoms with E-state index in [0.29, 0.717) is 5.75 Å². The van der Waals surface area contributed by atoms with E-state index in [1.54, 1.807) is 0 Å². The molecule has 138 valence electrons. The van der Waals surface area contributed by atoms with Crippen LogP contribution in [0.15, 0.2) is 79.4 Å². The van der Waals surface area contributed by atoms with Crippen molar-refractivity contribution in [2.45, 2.75) is 38.5 Å². The molecule has 3 aromatic rings. The van der Waals surface area contributed by atoms with Crippen molar-refractivity contribution >= 4 is 6.08 Å². The second-order valence-corrected chi connectivity index (χ2v) is 8.11. The molecule has 0 aliphatic heterocycles. The fraction of sp³-hybridized carbons (Fsp3) is 0.231. The van der Waals surface area contributed by atoms with Gasteiger partial charge >= 0.3 is 0 Å². The maximum Gasteiger partial charge on any atom is 0.124 e. The minimum absolute atomic E-state index is 0.313. The minimum atomic E-state index is -0.350. The van der Waals surface area contributed by atoms with Crippen LogP contribution in [0.4, 0.5) is 0 Å². The van der Waals surface area contributed by atoms with Gasteiger partial charge in [0.05, 0.1) is 0 Å². The van der Waals surface area contributed by atoms with Crippen LogP contribution in [0, 0.1) is 0 Å². The normalized spacial score (nSPS) is 12.0. The highest BCUT2D eigenvalue weighted by molar-refractivity contribution is 5.65. The molecule has 0 saturated heterocycles. The molecule has 0 saturated carbocycles. The predicted octanol–water partition coefficient (Wildman–Crippen LogP) is 6.69. The molecule has 0 unspecified atom stereocenters. The van der Waals surface area contributed by atoms with Gasteiger partial charge in [-0.3, -0.25) is 0 Å². The maximum atomic E-state index is 11.4. The zero-order valence-electron chi connectivity index (χ0n) is 16.7. The number of hydrogen-bond acceptors (Lipinski definition) is 1. The van der Waals surface area contributed by atoms with Crippen molar-refractivity contribution in [1.29, 1.82) is 0 Å². The molecule has 1 nitrogen and oxygen atoms in total. The summed E-state index contributed by atoms with van der Waals surface area (Å²) in [5.41, 5.74) is 4.50. The summed E-state index contributed by atoms with van der Waals surface area (Å²) in [7, 11) is 0. The molecular formula is C26H28O. The van der Waals surface area contributed by atoms with Crippen molar-refractivity contribution in [1.82, 2.24) is 0 Å². The lowest BCUT2D eigenvalue weighted by Crippen LogP contribution is -2.24. The number of phenolic OH excluding ortho intramolecular Hbond substituents is 1. The van der Waals surface area contributed by atoms with Crippen LogP contribution in [0.5, 0.6) is 5.75 Å². The van der Waals surface area contributed by atoms with E-state index in [-0.39, 0.29) is 10.8 Å². The molecular weight excluding hydrogens is 328 g/mol. The third-order valence-electron chi connectivity index (χ3n) is 5.72. The first-order chi connectivity index (χ1) is 12.8. The SMILES string of the molecule is C=Cc1ccc(C(C)(C)c2ccccc2)c(O)c1C(C)(C)c1ccccc1. The Morgan fingerprint density at radius 2 is 1.19 bits per heavy atom. The van der Waals surface area contributed by atoms with Gasteiger partial charge in [0.2, 0.25) is 0 Å². The lowest BCUT2D eigenvalue weighted by Gasteiger charge is -2.33. The van der Waals surface area contributed by atoms with Crippen molar-refractivity contribution in [3.05, 3.63) is 107 Å². The summed E-state index contributed by atoms with van der Waals surface area (Å²) in [5, 5.41) is 11.4. The van der Waals surface area contributed by atoms with Crippen LogP contribution in [-0.2, 0) is 10.8 Å². The maximum absolute atomic E-state index is 11.4. The van der Waals surface area contributed by atoms with Gasteiger partial charge in [0.25, 0.3) is 0 Å². The largest absolute Gasteiger partial charge is 0.507 e. The van der Waals surface area contributed by atoms with Gasteiger partial charge < -0.3 is 5.11 Å². The summed E-state index contributed by atoms with van der Waals surface area (Å²) in [6, 6.07) is 24.8. The number of hydrogen-bond donors (Lipinski definition) is 1.